The fourth-order valence-corrected chi connectivity index (χ4v) is 3.80. The van der Waals surface area contributed by atoms with Gasteiger partial charge in [0.05, 0.1) is 0 Å². The van der Waals surface area contributed by atoms with E-state index in [-0.39, 0.29) is 0 Å². The molecule has 1 aliphatic heterocycles. The van der Waals surface area contributed by atoms with E-state index in [0.717, 1.165) is 18.7 Å². The summed E-state index contributed by atoms with van der Waals surface area (Å²) in [7, 11) is 0. The second-order valence-electron chi connectivity index (χ2n) is 7.38. The number of furan rings is 1. The quantitative estimate of drug-likeness (QED) is 0.870. The number of nitrogens with one attached hydrogen (secondary N) is 2. The number of aryl methyl sites for hydroxylation is 1. The molecule has 2 atom stereocenters. The first-order valence-electron chi connectivity index (χ1n) is 8.09. The van der Waals surface area contributed by atoms with E-state index in [1.807, 2.05) is 0 Å². The SMILES string of the molecule is Cc1cc2c(o1)CC(C)(C)CC2NC1CCCNCC1. The van der Waals surface area contributed by atoms with Crippen molar-refractivity contribution in [1.82, 2.24) is 10.6 Å². The molecule has 0 amide bonds. The van der Waals surface area contributed by atoms with Crippen molar-refractivity contribution in [2.45, 2.75) is 65.0 Å². The summed E-state index contributed by atoms with van der Waals surface area (Å²) >= 11 is 0. The molecule has 2 aliphatic rings. The van der Waals surface area contributed by atoms with Crippen LogP contribution in [-0.2, 0) is 6.42 Å². The molecule has 112 valence electrons. The van der Waals surface area contributed by atoms with Crippen LogP contribution in [0, 0.1) is 12.3 Å². The highest BCUT2D eigenvalue weighted by molar-refractivity contribution is 5.29. The predicted molar refractivity (Wildman–Crippen MR) is 81.9 cm³/mol. The maximum atomic E-state index is 5.93. The Bertz CT molecular complexity index is 456. The standard InChI is InChI=1S/C17H28N2O/c1-12-9-14-15(10-17(2,3)11-16(14)20-12)19-13-5-4-7-18-8-6-13/h9,13,15,18-19H,4-8,10-11H2,1-3H3. The van der Waals surface area contributed by atoms with E-state index in [0.29, 0.717) is 17.5 Å². The van der Waals surface area contributed by atoms with E-state index in [1.165, 1.54) is 43.6 Å². The van der Waals surface area contributed by atoms with Gasteiger partial charge in [-0.05, 0) is 57.2 Å². The molecule has 2 unspecified atom stereocenters. The van der Waals surface area contributed by atoms with E-state index in [4.69, 9.17) is 4.42 Å². The largest absolute Gasteiger partial charge is 0.466 e. The van der Waals surface area contributed by atoms with Gasteiger partial charge in [0.15, 0.2) is 0 Å². The molecule has 3 heteroatoms. The molecule has 0 aromatic carbocycles. The Kier molecular flexibility index (Phi) is 3.91. The number of hydrogen-bond donors (Lipinski definition) is 2. The Morgan fingerprint density at radius 3 is 3.00 bits per heavy atom. The zero-order valence-corrected chi connectivity index (χ0v) is 13.1. The second-order valence-corrected chi connectivity index (χ2v) is 7.38. The normalized spacial score (nSPS) is 29.8. The van der Waals surface area contributed by atoms with Crippen LogP contribution in [0.4, 0.5) is 0 Å². The Morgan fingerprint density at radius 2 is 2.15 bits per heavy atom. The minimum atomic E-state index is 0.331. The average Bonchev–Trinajstić information content (AvgIpc) is 2.58. The molecule has 1 aromatic heterocycles. The van der Waals surface area contributed by atoms with Crippen molar-refractivity contribution in [2.24, 2.45) is 5.41 Å². The molecule has 3 rings (SSSR count). The maximum absolute atomic E-state index is 5.93. The Balaban J connectivity index is 1.77. The molecule has 1 aromatic rings. The smallest absolute Gasteiger partial charge is 0.109 e. The molecule has 0 bridgehead atoms. The van der Waals surface area contributed by atoms with Crippen molar-refractivity contribution < 1.29 is 4.42 Å². The van der Waals surface area contributed by atoms with Crippen molar-refractivity contribution in [3.63, 3.8) is 0 Å². The summed E-state index contributed by atoms with van der Waals surface area (Å²) in [4.78, 5) is 0. The van der Waals surface area contributed by atoms with Gasteiger partial charge in [-0.1, -0.05) is 13.8 Å². The summed E-state index contributed by atoms with van der Waals surface area (Å²) in [6.45, 7) is 9.10. The van der Waals surface area contributed by atoms with Crippen LogP contribution in [0.3, 0.4) is 0 Å². The molecule has 0 saturated carbocycles. The number of fused-ring (bicyclic) bond motifs is 1. The van der Waals surface area contributed by atoms with Crippen LogP contribution in [0.2, 0.25) is 0 Å². The van der Waals surface area contributed by atoms with Crippen molar-refractivity contribution in [3.8, 4) is 0 Å². The van der Waals surface area contributed by atoms with Gasteiger partial charge in [0.25, 0.3) is 0 Å². The van der Waals surface area contributed by atoms with E-state index in [1.54, 1.807) is 0 Å². The highest BCUT2D eigenvalue weighted by Crippen LogP contribution is 2.42. The lowest BCUT2D eigenvalue weighted by molar-refractivity contribution is 0.221. The summed E-state index contributed by atoms with van der Waals surface area (Å²) in [6, 6.07) is 3.36. The first-order valence-corrected chi connectivity index (χ1v) is 8.09. The molecule has 1 fully saturated rings. The van der Waals surface area contributed by atoms with Crippen molar-refractivity contribution in [2.75, 3.05) is 13.1 Å². The topological polar surface area (TPSA) is 37.2 Å². The molecular weight excluding hydrogens is 248 g/mol. The van der Waals surface area contributed by atoms with Gasteiger partial charge in [-0.2, -0.15) is 0 Å². The number of rotatable bonds is 2. The lowest BCUT2D eigenvalue weighted by atomic mass is 9.74. The molecule has 2 heterocycles. The van der Waals surface area contributed by atoms with Gasteiger partial charge in [-0.15, -0.1) is 0 Å². The van der Waals surface area contributed by atoms with Crippen molar-refractivity contribution >= 4 is 0 Å². The zero-order chi connectivity index (χ0) is 14.2. The molecule has 2 N–H and O–H groups in total. The van der Waals surface area contributed by atoms with Crippen LogP contribution < -0.4 is 10.6 Å². The molecule has 0 radical (unpaired) electrons. The van der Waals surface area contributed by atoms with E-state index in [2.05, 4.69) is 37.5 Å². The maximum Gasteiger partial charge on any atom is 0.109 e. The fourth-order valence-electron chi connectivity index (χ4n) is 3.80. The minimum Gasteiger partial charge on any atom is -0.466 e. The minimum absolute atomic E-state index is 0.331. The third-order valence-corrected chi connectivity index (χ3v) is 4.75. The zero-order valence-electron chi connectivity index (χ0n) is 13.1. The molecular formula is C17H28N2O. The summed E-state index contributed by atoms with van der Waals surface area (Å²) in [5.41, 5.74) is 1.75. The lowest BCUT2D eigenvalue weighted by Gasteiger charge is -2.36. The highest BCUT2D eigenvalue weighted by Gasteiger charge is 2.35. The molecule has 1 saturated heterocycles. The summed E-state index contributed by atoms with van der Waals surface area (Å²) < 4.78 is 5.93. The van der Waals surface area contributed by atoms with Gasteiger partial charge in [0, 0.05) is 24.1 Å². The Morgan fingerprint density at radius 1 is 1.30 bits per heavy atom. The van der Waals surface area contributed by atoms with Gasteiger partial charge in [0.2, 0.25) is 0 Å². The third kappa shape index (κ3) is 3.09. The van der Waals surface area contributed by atoms with Crippen molar-refractivity contribution in [1.29, 1.82) is 0 Å². The van der Waals surface area contributed by atoms with Gasteiger partial charge < -0.3 is 15.1 Å². The van der Waals surface area contributed by atoms with Crippen molar-refractivity contribution in [3.05, 3.63) is 23.2 Å². The Hall–Kier alpha value is -0.800. The average molecular weight is 276 g/mol. The van der Waals surface area contributed by atoms with Crippen LogP contribution in [0.5, 0.6) is 0 Å². The van der Waals surface area contributed by atoms with E-state index < -0.39 is 0 Å². The van der Waals surface area contributed by atoms with Gasteiger partial charge >= 0.3 is 0 Å². The van der Waals surface area contributed by atoms with Gasteiger partial charge in [0.1, 0.15) is 11.5 Å². The molecule has 1 aliphatic carbocycles. The first kappa shape index (κ1) is 14.2. The van der Waals surface area contributed by atoms with Crippen LogP contribution in [0.25, 0.3) is 0 Å². The monoisotopic (exact) mass is 276 g/mol. The summed E-state index contributed by atoms with van der Waals surface area (Å²) in [5, 5.41) is 7.42. The lowest BCUT2D eigenvalue weighted by Crippen LogP contribution is -2.38. The van der Waals surface area contributed by atoms with Gasteiger partial charge in [-0.25, -0.2) is 0 Å². The predicted octanol–water partition coefficient (Wildman–Crippen LogP) is 3.33. The van der Waals surface area contributed by atoms with Crippen LogP contribution in [0.15, 0.2) is 10.5 Å². The van der Waals surface area contributed by atoms with Crippen LogP contribution in [-0.4, -0.2) is 19.1 Å². The summed E-state index contributed by atoms with van der Waals surface area (Å²) in [6.07, 6.45) is 6.09. The molecule has 0 spiro atoms. The van der Waals surface area contributed by atoms with E-state index in [9.17, 15) is 0 Å². The summed E-state index contributed by atoms with van der Waals surface area (Å²) in [5.74, 6) is 2.27. The van der Waals surface area contributed by atoms with E-state index >= 15 is 0 Å². The fraction of sp³-hybridized carbons (Fsp3) is 0.765. The second kappa shape index (κ2) is 5.53. The first-order chi connectivity index (χ1) is 9.53. The van der Waals surface area contributed by atoms with Crippen LogP contribution in [0.1, 0.15) is 62.7 Å². The Labute approximate surface area is 122 Å². The molecule has 20 heavy (non-hydrogen) atoms. The van der Waals surface area contributed by atoms with Crippen LogP contribution >= 0.6 is 0 Å². The van der Waals surface area contributed by atoms with Gasteiger partial charge in [-0.3, -0.25) is 0 Å². The third-order valence-electron chi connectivity index (χ3n) is 4.75. The highest BCUT2D eigenvalue weighted by atomic mass is 16.3. The number of hydrogen-bond acceptors (Lipinski definition) is 3. The molecule has 3 nitrogen and oxygen atoms in total.